The maximum Gasteiger partial charge on any atom is 0.416 e. The number of hydrazine groups is 1. The molecule has 3 aromatic carbocycles. The summed E-state index contributed by atoms with van der Waals surface area (Å²) in [7, 11) is 0. The standard InChI is InChI=1S/C21H13ClF3N3O4/c22-14-8-5-12(6-9-14)19(29)15-3-1-2-4-16(15)20(30)27-26-17-10-7-13(21(23,24)25)11-18(17)28(31)32/h1-11,26H,(H,27,30). The van der Waals surface area contributed by atoms with Crippen LogP contribution in [0.5, 0.6) is 0 Å². The Bertz CT molecular complexity index is 1200. The lowest BCUT2D eigenvalue weighted by atomic mass is 9.98. The summed E-state index contributed by atoms with van der Waals surface area (Å²) in [5.74, 6) is -1.29. The van der Waals surface area contributed by atoms with Crippen LogP contribution in [-0.2, 0) is 6.18 Å². The van der Waals surface area contributed by atoms with Crippen LogP contribution in [0.3, 0.4) is 0 Å². The molecule has 3 aromatic rings. The Balaban J connectivity index is 1.84. The second kappa shape index (κ2) is 9.06. The molecule has 3 rings (SSSR count). The summed E-state index contributed by atoms with van der Waals surface area (Å²) in [5, 5.41) is 11.6. The third kappa shape index (κ3) is 5.03. The van der Waals surface area contributed by atoms with Crippen LogP contribution in [-0.4, -0.2) is 16.6 Å². The fourth-order valence-electron chi connectivity index (χ4n) is 2.79. The first-order chi connectivity index (χ1) is 15.1. The van der Waals surface area contributed by atoms with Crippen LogP contribution in [0.25, 0.3) is 0 Å². The second-order valence-corrected chi connectivity index (χ2v) is 6.88. The lowest BCUT2D eigenvalue weighted by Crippen LogP contribution is -2.31. The summed E-state index contributed by atoms with van der Waals surface area (Å²) in [5.41, 5.74) is 2.25. The normalized spacial score (nSPS) is 11.0. The first-order valence-electron chi connectivity index (χ1n) is 8.89. The van der Waals surface area contributed by atoms with E-state index >= 15 is 0 Å². The third-order valence-corrected chi connectivity index (χ3v) is 4.61. The summed E-state index contributed by atoms with van der Waals surface area (Å²) < 4.78 is 38.5. The number of benzene rings is 3. The average Bonchev–Trinajstić information content (AvgIpc) is 2.76. The molecule has 11 heteroatoms. The molecule has 0 heterocycles. The van der Waals surface area contributed by atoms with Crippen molar-refractivity contribution in [2.75, 3.05) is 5.43 Å². The average molecular weight is 464 g/mol. The summed E-state index contributed by atoms with van der Waals surface area (Å²) in [4.78, 5) is 35.6. The Morgan fingerprint density at radius 3 is 2.16 bits per heavy atom. The van der Waals surface area contributed by atoms with Gasteiger partial charge >= 0.3 is 6.18 Å². The molecular formula is C21H13ClF3N3O4. The number of ketones is 1. The predicted octanol–water partition coefficient (Wildman–Crippen LogP) is 5.25. The van der Waals surface area contributed by atoms with Crippen molar-refractivity contribution in [3.8, 4) is 0 Å². The SMILES string of the molecule is O=C(NNc1ccc(C(F)(F)F)cc1[N+](=O)[O-])c1ccccc1C(=O)c1ccc(Cl)cc1. The minimum atomic E-state index is -4.77. The zero-order chi connectivity index (χ0) is 23.5. The number of carbonyl (C=O) groups is 2. The molecule has 32 heavy (non-hydrogen) atoms. The van der Waals surface area contributed by atoms with E-state index < -0.39 is 34.0 Å². The number of amides is 1. The highest BCUT2D eigenvalue weighted by atomic mass is 35.5. The highest BCUT2D eigenvalue weighted by Gasteiger charge is 2.33. The maximum atomic E-state index is 12.8. The summed E-state index contributed by atoms with van der Waals surface area (Å²) in [6.07, 6.45) is -4.77. The van der Waals surface area contributed by atoms with Gasteiger partial charge in [0.05, 0.1) is 16.1 Å². The van der Waals surface area contributed by atoms with E-state index in [1.54, 1.807) is 6.07 Å². The quantitative estimate of drug-likeness (QED) is 0.295. The minimum Gasteiger partial charge on any atom is -0.292 e. The fourth-order valence-corrected chi connectivity index (χ4v) is 2.92. The molecule has 1 amide bonds. The number of nitrogens with one attached hydrogen (secondary N) is 2. The van der Waals surface area contributed by atoms with Crippen LogP contribution in [0.1, 0.15) is 31.8 Å². The number of halogens is 4. The van der Waals surface area contributed by atoms with Crippen LogP contribution in [0.2, 0.25) is 5.02 Å². The topological polar surface area (TPSA) is 101 Å². The molecule has 164 valence electrons. The number of hydrogen-bond acceptors (Lipinski definition) is 5. The van der Waals surface area contributed by atoms with Gasteiger partial charge in [-0.1, -0.05) is 29.8 Å². The molecule has 2 N–H and O–H groups in total. The fraction of sp³-hybridized carbons (Fsp3) is 0.0476. The van der Waals surface area contributed by atoms with E-state index in [0.717, 1.165) is 6.07 Å². The molecule has 0 unspecified atom stereocenters. The van der Waals surface area contributed by atoms with E-state index in [9.17, 15) is 32.9 Å². The van der Waals surface area contributed by atoms with Crippen molar-refractivity contribution in [1.29, 1.82) is 0 Å². The molecule has 0 aliphatic carbocycles. The van der Waals surface area contributed by atoms with Gasteiger partial charge in [-0.3, -0.25) is 30.6 Å². The number of nitro benzene ring substituents is 1. The Morgan fingerprint density at radius 1 is 0.938 bits per heavy atom. The van der Waals surface area contributed by atoms with Crippen LogP contribution in [0.4, 0.5) is 24.5 Å². The van der Waals surface area contributed by atoms with Gasteiger partial charge in [-0.05, 0) is 42.5 Å². The number of anilines is 1. The van der Waals surface area contributed by atoms with E-state index in [2.05, 4.69) is 10.9 Å². The molecule has 0 saturated heterocycles. The molecule has 0 aliphatic heterocycles. The van der Waals surface area contributed by atoms with Crippen molar-refractivity contribution in [2.24, 2.45) is 0 Å². The smallest absolute Gasteiger partial charge is 0.292 e. The summed E-state index contributed by atoms with van der Waals surface area (Å²) in [6.45, 7) is 0. The van der Waals surface area contributed by atoms with E-state index in [1.165, 1.54) is 42.5 Å². The molecule has 0 atom stereocenters. The number of hydrogen-bond donors (Lipinski definition) is 2. The number of carbonyl (C=O) groups excluding carboxylic acids is 2. The molecule has 0 bridgehead atoms. The molecule has 0 radical (unpaired) electrons. The van der Waals surface area contributed by atoms with Gasteiger partial charge in [0.25, 0.3) is 11.6 Å². The predicted molar refractivity (Wildman–Crippen MR) is 111 cm³/mol. The van der Waals surface area contributed by atoms with E-state index in [4.69, 9.17) is 11.6 Å². The van der Waals surface area contributed by atoms with Crippen LogP contribution < -0.4 is 10.9 Å². The Hall–Kier alpha value is -3.92. The van der Waals surface area contributed by atoms with Gasteiger partial charge in [0.1, 0.15) is 5.69 Å². The molecule has 0 fully saturated rings. The van der Waals surface area contributed by atoms with Gasteiger partial charge < -0.3 is 0 Å². The molecular weight excluding hydrogens is 451 g/mol. The monoisotopic (exact) mass is 463 g/mol. The van der Waals surface area contributed by atoms with E-state index in [-0.39, 0.29) is 22.4 Å². The maximum absolute atomic E-state index is 12.8. The van der Waals surface area contributed by atoms with E-state index in [1.807, 2.05) is 0 Å². The molecule has 0 saturated carbocycles. The highest BCUT2D eigenvalue weighted by Crippen LogP contribution is 2.34. The molecule has 7 nitrogen and oxygen atoms in total. The Morgan fingerprint density at radius 2 is 1.56 bits per heavy atom. The minimum absolute atomic E-state index is 0.0467. The van der Waals surface area contributed by atoms with Gasteiger partial charge in [-0.25, -0.2) is 0 Å². The van der Waals surface area contributed by atoms with Crippen molar-refractivity contribution in [2.45, 2.75) is 6.18 Å². The van der Waals surface area contributed by atoms with Crippen LogP contribution in [0.15, 0.2) is 66.7 Å². The number of nitro groups is 1. The van der Waals surface area contributed by atoms with Crippen LogP contribution >= 0.6 is 11.6 Å². The lowest BCUT2D eigenvalue weighted by Gasteiger charge is -2.13. The Labute approximate surface area is 183 Å². The van der Waals surface area contributed by atoms with Crippen molar-refractivity contribution < 1.29 is 27.7 Å². The number of rotatable bonds is 6. The summed E-state index contributed by atoms with van der Waals surface area (Å²) in [6, 6.07) is 13.7. The molecule has 0 aromatic heterocycles. The lowest BCUT2D eigenvalue weighted by molar-refractivity contribution is -0.384. The van der Waals surface area contributed by atoms with Crippen molar-refractivity contribution in [3.63, 3.8) is 0 Å². The van der Waals surface area contributed by atoms with Crippen molar-refractivity contribution in [1.82, 2.24) is 5.43 Å². The van der Waals surface area contributed by atoms with Gasteiger partial charge in [-0.15, -0.1) is 0 Å². The third-order valence-electron chi connectivity index (χ3n) is 4.36. The summed E-state index contributed by atoms with van der Waals surface area (Å²) >= 11 is 5.82. The first-order valence-corrected chi connectivity index (χ1v) is 9.27. The number of alkyl halides is 3. The van der Waals surface area contributed by atoms with Gasteiger partial charge in [0.15, 0.2) is 5.78 Å². The van der Waals surface area contributed by atoms with Gasteiger partial charge in [0, 0.05) is 22.2 Å². The molecule has 0 spiro atoms. The first kappa shape index (κ1) is 22.8. The highest BCUT2D eigenvalue weighted by molar-refractivity contribution is 6.30. The largest absolute Gasteiger partial charge is 0.416 e. The second-order valence-electron chi connectivity index (χ2n) is 6.45. The van der Waals surface area contributed by atoms with Crippen LogP contribution in [0, 0.1) is 10.1 Å². The van der Waals surface area contributed by atoms with Gasteiger partial charge in [-0.2, -0.15) is 13.2 Å². The van der Waals surface area contributed by atoms with Crippen molar-refractivity contribution >= 4 is 34.7 Å². The molecule has 0 aliphatic rings. The van der Waals surface area contributed by atoms with E-state index in [0.29, 0.717) is 17.2 Å². The number of nitrogens with zero attached hydrogens (tertiary/aromatic N) is 1. The Kier molecular flexibility index (Phi) is 6.45. The zero-order valence-electron chi connectivity index (χ0n) is 15.9. The van der Waals surface area contributed by atoms with Crippen molar-refractivity contribution in [3.05, 3.63) is 104 Å². The van der Waals surface area contributed by atoms with Gasteiger partial charge in [0.2, 0.25) is 0 Å². The zero-order valence-corrected chi connectivity index (χ0v) is 16.7.